The minimum Gasteiger partial charge on any atom is -0.350 e. The number of carbonyl (C=O) groups excluding carboxylic acids is 1. The van der Waals surface area contributed by atoms with Crippen LogP contribution in [0, 0.1) is 17.3 Å². The molecule has 0 aliphatic heterocycles. The number of rotatable bonds is 6. The van der Waals surface area contributed by atoms with Gasteiger partial charge in [-0.05, 0) is 41.8 Å². The molecule has 0 atom stereocenters. The summed E-state index contributed by atoms with van der Waals surface area (Å²) in [4.78, 5) is 13.3. The van der Waals surface area contributed by atoms with Crippen LogP contribution in [0.2, 0.25) is 0 Å². The summed E-state index contributed by atoms with van der Waals surface area (Å²) < 4.78 is 12.8. The summed E-state index contributed by atoms with van der Waals surface area (Å²) in [6.07, 6.45) is 2.89. The molecule has 2 rings (SSSR count). The van der Waals surface area contributed by atoms with Crippen LogP contribution in [0.3, 0.4) is 0 Å². The minimum atomic E-state index is -0.313. The highest BCUT2D eigenvalue weighted by Crippen LogP contribution is 2.15. The van der Waals surface area contributed by atoms with Crippen LogP contribution in [0.5, 0.6) is 0 Å². The summed E-state index contributed by atoms with van der Waals surface area (Å²) in [7, 11) is 0. The molecule has 0 aromatic heterocycles. The molecule has 0 spiro atoms. The molecule has 0 saturated heterocycles. The number of amides is 1. The molecule has 0 heterocycles. The molecule has 2 aromatic rings. The summed E-state index contributed by atoms with van der Waals surface area (Å²) in [6.45, 7) is 2.28. The van der Waals surface area contributed by atoms with E-state index in [0.29, 0.717) is 12.2 Å². The fraction of sp³-hybridized carbons (Fsp3) is 0.222. The second-order valence-electron chi connectivity index (χ2n) is 5.11. The monoisotopic (exact) mass is 311 g/mol. The summed E-state index contributed by atoms with van der Waals surface area (Å²) in [5.41, 5.74) is 2.61. The van der Waals surface area contributed by atoms with Crippen molar-refractivity contribution >= 4 is 11.6 Å². The summed E-state index contributed by atoms with van der Waals surface area (Å²) in [5, 5.41) is 12.0. The largest absolute Gasteiger partial charge is 0.350 e. The Morgan fingerprint density at radius 3 is 2.61 bits per heavy atom. The molecule has 0 fully saturated rings. The quantitative estimate of drug-likeness (QED) is 0.659. The van der Waals surface area contributed by atoms with Crippen molar-refractivity contribution in [2.24, 2.45) is 0 Å². The van der Waals surface area contributed by atoms with Crippen molar-refractivity contribution in [3.63, 3.8) is 0 Å². The Hall–Kier alpha value is -2.87. The molecule has 4 nitrogen and oxygen atoms in total. The van der Waals surface area contributed by atoms with Crippen LogP contribution in [0.25, 0.3) is 0 Å². The molecule has 0 aliphatic carbocycles. The predicted molar refractivity (Wildman–Crippen MR) is 87.0 cm³/mol. The van der Waals surface area contributed by atoms with Gasteiger partial charge < -0.3 is 5.32 Å². The minimum absolute atomic E-state index is 0.0507. The molecule has 1 amide bonds. The van der Waals surface area contributed by atoms with E-state index < -0.39 is 0 Å². The van der Waals surface area contributed by atoms with Crippen molar-refractivity contribution in [1.82, 2.24) is 5.32 Å². The molecular formula is C18H18FN3O. The maximum Gasteiger partial charge on any atom is 0.241 e. The highest BCUT2D eigenvalue weighted by atomic mass is 19.1. The smallest absolute Gasteiger partial charge is 0.241 e. The number of hydrogen-bond donors (Lipinski definition) is 1. The van der Waals surface area contributed by atoms with Crippen molar-refractivity contribution < 1.29 is 9.18 Å². The summed E-state index contributed by atoms with van der Waals surface area (Å²) in [5.74, 6) is -0.579. The summed E-state index contributed by atoms with van der Waals surface area (Å²) in [6, 6.07) is 13.5. The van der Waals surface area contributed by atoms with Gasteiger partial charge in [-0.3, -0.25) is 9.69 Å². The lowest BCUT2D eigenvalue weighted by Crippen LogP contribution is -2.34. The van der Waals surface area contributed by atoms with Crippen LogP contribution in [0.1, 0.15) is 18.1 Å². The van der Waals surface area contributed by atoms with E-state index >= 15 is 0 Å². The highest BCUT2D eigenvalue weighted by molar-refractivity contribution is 5.82. The molecule has 0 bridgehead atoms. The zero-order valence-corrected chi connectivity index (χ0v) is 12.9. The first kappa shape index (κ1) is 16.5. The Morgan fingerprint density at radius 2 is 1.96 bits per heavy atom. The highest BCUT2D eigenvalue weighted by Gasteiger charge is 2.11. The van der Waals surface area contributed by atoms with Gasteiger partial charge in [-0.15, -0.1) is 0 Å². The first-order valence-electron chi connectivity index (χ1n) is 7.39. The zero-order chi connectivity index (χ0) is 16.7. The number of anilines is 1. The molecule has 23 heavy (non-hydrogen) atoms. The van der Waals surface area contributed by atoms with Crippen LogP contribution in [-0.4, -0.2) is 12.5 Å². The Balaban J connectivity index is 1.94. The molecule has 0 radical (unpaired) electrons. The van der Waals surface area contributed by atoms with Gasteiger partial charge in [0.15, 0.2) is 6.19 Å². The van der Waals surface area contributed by atoms with E-state index in [1.54, 1.807) is 18.2 Å². The number of halogens is 1. The van der Waals surface area contributed by atoms with Gasteiger partial charge in [0.2, 0.25) is 5.91 Å². The van der Waals surface area contributed by atoms with Gasteiger partial charge in [0.1, 0.15) is 12.4 Å². The van der Waals surface area contributed by atoms with Crippen LogP contribution in [0.4, 0.5) is 10.1 Å². The number of nitriles is 1. The number of benzene rings is 2. The molecule has 0 aliphatic rings. The predicted octanol–water partition coefficient (Wildman–Crippen LogP) is 2.99. The van der Waals surface area contributed by atoms with Crippen LogP contribution >= 0.6 is 0 Å². The molecular weight excluding hydrogens is 293 g/mol. The van der Waals surface area contributed by atoms with Crippen LogP contribution < -0.4 is 10.2 Å². The Morgan fingerprint density at radius 1 is 1.22 bits per heavy atom. The molecule has 0 saturated carbocycles. The Bertz CT molecular complexity index is 707. The second-order valence-corrected chi connectivity index (χ2v) is 5.11. The fourth-order valence-electron chi connectivity index (χ4n) is 2.13. The van der Waals surface area contributed by atoms with E-state index in [9.17, 15) is 14.4 Å². The third kappa shape index (κ3) is 4.82. The maximum absolute atomic E-state index is 12.8. The Labute approximate surface area is 135 Å². The van der Waals surface area contributed by atoms with Crippen molar-refractivity contribution in [1.29, 1.82) is 5.26 Å². The number of aryl methyl sites for hydroxylation is 1. The van der Waals surface area contributed by atoms with E-state index in [1.165, 1.54) is 17.0 Å². The average molecular weight is 311 g/mol. The second kappa shape index (κ2) is 7.95. The third-order valence-corrected chi connectivity index (χ3v) is 3.46. The van der Waals surface area contributed by atoms with Crippen molar-refractivity contribution in [3.05, 3.63) is 65.5 Å². The van der Waals surface area contributed by atoms with Gasteiger partial charge in [-0.25, -0.2) is 4.39 Å². The van der Waals surface area contributed by atoms with Gasteiger partial charge in [0.25, 0.3) is 0 Å². The number of hydrogen-bond acceptors (Lipinski definition) is 3. The first-order valence-corrected chi connectivity index (χ1v) is 7.39. The van der Waals surface area contributed by atoms with Crippen molar-refractivity contribution in [2.75, 3.05) is 11.4 Å². The van der Waals surface area contributed by atoms with Gasteiger partial charge >= 0.3 is 0 Å². The standard InChI is InChI=1S/C18H18FN3O/c1-2-14-4-3-5-17(10-14)22(13-20)12-18(23)21-11-15-6-8-16(19)9-7-15/h3-10H,2,11-12H2,1H3,(H,21,23). The van der Waals surface area contributed by atoms with E-state index in [1.807, 2.05) is 31.3 Å². The summed E-state index contributed by atoms with van der Waals surface area (Å²) >= 11 is 0. The lowest BCUT2D eigenvalue weighted by atomic mass is 10.1. The van der Waals surface area contributed by atoms with Crippen molar-refractivity contribution in [2.45, 2.75) is 19.9 Å². The van der Waals surface area contributed by atoms with Crippen LogP contribution in [0.15, 0.2) is 48.5 Å². The number of nitrogens with zero attached hydrogens (tertiary/aromatic N) is 2. The topological polar surface area (TPSA) is 56.1 Å². The molecule has 0 unspecified atom stereocenters. The van der Waals surface area contributed by atoms with Crippen molar-refractivity contribution in [3.8, 4) is 6.19 Å². The first-order chi connectivity index (χ1) is 11.1. The van der Waals surface area contributed by atoms with Gasteiger partial charge in [0, 0.05) is 6.54 Å². The molecule has 2 aromatic carbocycles. The van der Waals surface area contributed by atoms with Gasteiger partial charge in [-0.1, -0.05) is 31.2 Å². The van der Waals surface area contributed by atoms with E-state index in [4.69, 9.17) is 0 Å². The molecule has 1 N–H and O–H groups in total. The number of nitrogens with one attached hydrogen (secondary N) is 1. The zero-order valence-electron chi connectivity index (χ0n) is 12.9. The van der Waals surface area contributed by atoms with E-state index in [0.717, 1.165) is 17.5 Å². The average Bonchev–Trinajstić information content (AvgIpc) is 2.59. The normalized spacial score (nSPS) is 9.96. The van der Waals surface area contributed by atoms with E-state index in [-0.39, 0.29) is 18.3 Å². The van der Waals surface area contributed by atoms with Gasteiger partial charge in [-0.2, -0.15) is 5.26 Å². The van der Waals surface area contributed by atoms with Crippen LogP contribution in [-0.2, 0) is 17.8 Å². The third-order valence-electron chi connectivity index (χ3n) is 3.46. The Kier molecular flexibility index (Phi) is 5.70. The number of carbonyl (C=O) groups is 1. The molecule has 118 valence electrons. The van der Waals surface area contributed by atoms with Gasteiger partial charge in [0.05, 0.1) is 5.69 Å². The molecule has 5 heteroatoms. The lowest BCUT2D eigenvalue weighted by molar-refractivity contribution is -0.119. The SMILES string of the molecule is CCc1cccc(N(C#N)CC(=O)NCc2ccc(F)cc2)c1. The fourth-order valence-corrected chi connectivity index (χ4v) is 2.13. The van der Waals surface area contributed by atoms with E-state index in [2.05, 4.69) is 5.32 Å². The lowest BCUT2D eigenvalue weighted by Gasteiger charge is -2.16. The maximum atomic E-state index is 12.8.